The highest BCUT2D eigenvalue weighted by Crippen LogP contribution is 2.34. The maximum Gasteiger partial charge on any atom is 0.234 e. The van der Waals surface area contributed by atoms with Gasteiger partial charge in [0.2, 0.25) is 5.91 Å². The lowest BCUT2D eigenvalue weighted by Gasteiger charge is -2.10. The standard InChI is InChI=1S/C20H17ClN4O2S2/c1-25-19(14-10-28-17-6-4-3-5-13(14)17)23-24-20(25)29-11-18(26)22-15-9-12(21)7-8-16(15)27-2/h3-10H,11H2,1-2H3,(H,22,26). The summed E-state index contributed by atoms with van der Waals surface area (Å²) in [6, 6.07) is 13.3. The van der Waals surface area contributed by atoms with Gasteiger partial charge in [0.05, 0.1) is 18.6 Å². The number of hydrogen-bond donors (Lipinski definition) is 1. The minimum atomic E-state index is -0.180. The van der Waals surface area contributed by atoms with Crippen molar-refractivity contribution < 1.29 is 9.53 Å². The van der Waals surface area contributed by atoms with Crippen molar-refractivity contribution in [1.29, 1.82) is 0 Å². The Morgan fingerprint density at radius 3 is 2.93 bits per heavy atom. The number of benzene rings is 2. The Morgan fingerprint density at radius 1 is 1.28 bits per heavy atom. The van der Waals surface area contributed by atoms with Crippen LogP contribution in [0.4, 0.5) is 5.69 Å². The molecule has 0 aliphatic rings. The van der Waals surface area contributed by atoms with Crippen LogP contribution in [0.15, 0.2) is 53.0 Å². The van der Waals surface area contributed by atoms with E-state index in [2.05, 4.69) is 33.0 Å². The van der Waals surface area contributed by atoms with Crippen molar-refractivity contribution >= 4 is 56.4 Å². The number of thioether (sulfide) groups is 1. The Bertz CT molecular complexity index is 1190. The van der Waals surface area contributed by atoms with Crippen molar-refractivity contribution in [2.75, 3.05) is 18.2 Å². The Morgan fingerprint density at radius 2 is 2.10 bits per heavy atom. The third kappa shape index (κ3) is 4.10. The molecule has 0 radical (unpaired) electrons. The first-order valence-electron chi connectivity index (χ1n) is 8.69. The van der Waals surface area contributed by atoms with Crippen molar-refractivity contribution in [3.63, 3.8) is 0 Å². The summed E-state index contributed by atoms with van der Waals surface area (Å²) in [6.45, 7) is 0. The zero-order valence-corrected chi connectivity index (χ0v) is 18.1. The van der Waals surface area contributed by atoms with Crippen molar-refractivity contribution in [3.8, 4) is 17.1 Å². The van der Waals surface area contributed by atoms with Crippen LogP contribution in [0.3, 0.4) is 0 Å². The topological polar surface area (TPSA) is 69.0 Å². The molecule has 0 saturated carbocycles. The summed E-state index contributed by atoms with van der Waals surface area (Å²) >= 11 is 9.01. The molecular formula is C20H17ClN4O2S2. The summed E-state index contributed by atoms with van der Waals surface area (Å²) in [6.07, 6.45) is 0. The van der Waals surface area contributed by atoms with E-state index in [1.807, 2.05) is 23.7 Å². The number of thiophene rings is 1. The minimum absolute atomic E-state index is 0.180. The van der Waals surface area contributed by atoms with Crippen LogP contribution >= 0.6 is 34.7 Å². The van der Waals surface area contributed by atoms with Crippen molar-refractivity contribution in [1.82, 2.24) is 14.8 Å². The van der Waals surface area contributed by atoms with Gasteiger partial charge in [-0.15, -0.1) is 21.5 Å². The van der Waals surface area contributed by atoms with Crippen LogP contribution in [0.25, 0.3) is 21.5 Å². The molecule has 2 heterocycles. The number of carbonyl (C=O) groups is 1. The highest BCUT2D eigenvalue weighted by molar-refractivity contribution is 7.99. The lowest BCUT2D eigenvalue weighted by Crippen LogP contribution is -2.15. The summed E-state index contributed by atoms with van der Waals surface area (Å²) in [4.78, 5) is 12.4. The predicted octanol–water partition coefficient (Wildman–Crippen LogP) is 5.09. The Balaban J connectivity index is 1.47. The molecule has 0 saturated heterocycles. The van der Waals surface area contributed by atoms with Gasteiger partial charge in [0, 0.05) is 33.1 Å². The number of nitrogens with one attached hydrogen (secondary N) is 1. The molecule has 6 nitrogen and oxygen atoms in total. The number of aromatic nitrogens is 3. The average Bonchev–Trinajstić information content (AvgIpc) is 3.30. The van der Waals surface area contributed by atoms with E-state index in [-0.39, 0.29) is 11.7 Å². The number of methoxy groups -OCH3 is 1. The fourth-order valence-electron chi connectivity index (χ4n) is 2.92. The van der Waals surface area contributed by atoms with Gasteiger partial charge in [-0.1, -0.05) is 41.6 Å². The number of fused-ring (bicyclic) bond motifs is 1. The Kier molecular flexibility index (Phi) is 5.75. The molecule has 4 aromatic rings. The van der Waals surface area contributed by atoms with Crippen LogP contribution in [-0.2, 0) is 11.8 Å². The number of rotatable bonds is 6. The van der Waals surface area contributed by atoms with E-state index in [9.17, 15) is 4.79 Å². The molecule has 2 aromatic heterocycles. The first-order chi connectivity index (χ1) is 14.1. The Labute approximate surface area is 180 Å². The van der Waals surface area contributed by atoms with E-state index in [1.54, 1.807) is 36.6 Å². The highest BCUT2D eigenvalue weighted by atomic mass is 35.5. The zero-order chi connectivity index (χ0) is 20.4. The van der Waals surface area contributed by atoms with Gasteiger partial charge >= 0.3 is 0 Å². The highest BCUT2D eigenvalue weighted by Gasteiger charge is 2.16. The fraction of sp³-hybridized carbons (Fsp3) is 0.150. The van der Waals surface area contributed by atoms with Crippen LogP contribution in [0.5, 0.6) is 5.75 Å². The Hall–Kier alpha value is -2.55. The predicted molar refractivity (Wildman–Crippen MR) is 119 cm³/mol. The van der Waals surface area contributed by atoms with E-state index in [0.717, 1.165) is 16.8 Å². The second-order valence-corrected chi connectivity index (χ2v) is 8.48. The van der Waals surface area contributed by atoms with Crippen LogP contribution in [-0.4, -0.2) is 33.5 Å². The smallest absolute Gasteiger partial charge is 0.234 e. The lowest BCUT2D eigenvalue weighted by molar-refractivity contribution is -0.113. The normalized spacial score (nSPS) is 11.0. The molecule has 0 aliphatic carbocycles. The molecule has 9 heteroatoms. The lowest BCUT2D eigenvalue weighted by atomic mass is 10.2. The van der Waals surface area contributed by atoms with E-state index >= 15 is 0 Å². The summed E-state index contributed by atoms with van der Waals surface area (Å²) in [5.74, 6) is 1.34. The van der Waals surface area contributed by atoms with Gasteiger partial charge in [-0.25, -0.2) is 0 Å². The second kappa shape index (κ2) is 8.44. The third-order valence-corrected chi connectivity index (χ3v) is 6.54. The summed E-state index contributed by atoms with van der Waals surface area (Å²) in [7, 11) is 3.45. The molecule has 0 unspecified atom stereocenters. The number of halogens is 1. The largest absolute Gasteiger partial charge is 0.495 e. The van der Waals surface area contributed by atoms with Crippen LogP contribution < -0.4 is 10.1 Å². The van der Waals surface area contributed by atoms with Crippen LogP contribution in [0.1, 0.15) is 0 Å². The molecule has 1 N–H and O–H groups in total. The van der Waals surface area contributed by atoms with Crippen molar-refractivity contribution in [3.05, 3.63) is 52.9 Å². The van der Waals surface area contributed by atoms with Gasteiger partial charge in [0.15, 0.2) is 11.0 Å². The summed E-state index contributed by atoms with van der Waals surface area (Å²) < 4.78 is 8.37. The fourth-order valence-corrected chi connectivity index (χ4v) is 4.74. The molecule has 29 heavy (non-hydrogen) atoms. The number of anilines is 1. The first kappa shape index (κ1) is 19.8. The van der Waals surface area contributed by atoms with Gasteiger partial charge in [-0.05, 0) is 24.3 Å². The maximum atomic E-state index is 12.4. The molecule has 0 bridgehead atoms. The van der Waals surface area contributed by atoms with E-state index in [0.29, 0.717) is 21.6 Å². The number of nitrogens with zero attached hydrogens (tertiary/aromatic N) is 3. The van der Waals surface area contributed by atoms with E-state index in [4.69, 9.17) is 16.3 Å². The quantitative estimate of drug-likeness (QED) is 0.419. The van der Waals surface area contributed by atoms with Gasteiger partial charge in [0.25, 0.3) is 0 Å². The van der Waals surface area contributed by atoms with Gasteiger partial charge < -0.3 is 14.6 Å². The molecule has 2 aromatic carbocycles. The molecule has 1 amide bonds. The number of ether oxygens (including phenoxy) is 1. The van der Waals surface area contributed by atoms with Crippen LogP contribution in [0.2, 0.25) is 5.02 Å². The monoisotopic (exact) mass is 444 g/mol. The summed E-state index contributed by atoms with van der Waals surface area (Å²) in [5.41, 5.74) is 1.58. The number of carbonyl (C=O) groups excluding carboxylic acids is 1. The molecule has 4 rings (SSSR count). The molecule has 0 fully saturated rings. The SMILES string of the molecule is COc1ccc(Cl)cc1NC(=O)CSc1nnc(-c2csc3ccccc23)n1C. The van der Waals surface area contributed by atoms with E-state index in [1.165, 1.54) is 16.5 Å². The van der Waals surface area contributed by atoms with Crippen molar-refractivity contribution in [2.45, 2.75) is 5.16 Å². The van der Waals surface area contributed by atoms with E-state index < -0.39 is 0 Å². The number of hydrogen-bond acceptors (Lipinski definition) is 6. The molecule has 0 spiro atoms. The summed E-state index contributed by atoms with van der Waals surface area (Å²) in [5, 5.41) is 15.9. The third-order valence-electron chi connectivity index (χ3n) is 4.32. The molecule has 148 valence electrons. The molecular weight excluding hydrogens is 428 g/mol. The molecule has 0 aliphatic heterocycles. The zero-order valence-electron chi connectivity index (χ0n) is 15.7. The van der Waals surface area contributed by atoms with Crippen molar-refractivity contribution in [2.24, 2.45) is 7.05 Å². The van der Waals surface area contributed by atoms with Crippen LogP contribution in [0, 0.1) is 0 Å². The minimum Gasteiger partial charge on any atom is -0.495 e. The first-order valence-corrected chi connectivity index (χ1v) is 10.9. The maximum absolute atomic E-state index is 12.4. The van der Waals surface area contributed by atoms with Gasteiger partial charge in [0.1, 0.15) is 5.75 Å². The molecule has 0 atom stereocenters. The number of amides is 1. The second-order valence-electron chi connectivity index (χ2n) is 6.19. The van der Waals surface area contributed by atoms with Gasteiger partial charge in [-0.2, -0.15) is 0 Å². The van der Waals surface area contributed by atoms with Gasteiger partial charge in [-0.3, -0.25) is 4.79 Å². The average molecular weight is 445 g/mol.